The molecule has 0 aliphatic rings. The number of benzene rings is 2. The zero-order valence-electron chi connectivity index (χ0n) is 13.2. The van der Waals surface area contributed by atoms with Crippen LogP contribution in [0.3, 0.4) is 0 Å². The lowest BCUT2D eigenvalue weighted by Crippen LogP contribution is -2.36. The zero-order chi connectivity index (χ0) is 18.1. The van der Waals surface area contributed by atoms with E-state index in [0.717, 1.165) is 0 Å². The molecule has 0 bridgehead atoms. The lowest BCUT2D eigenvalue weighted by molar-refractivity contribution is -0.147. The Morgan fingerprint density at radius 1 is 0.760 bits per heavy atom. The number of carbonyl (C=O) groups is 4. The van der Waals surface area contributed by atoms with Crippen molar-refractivity contribution in [1.29, 1.82) is 0 Å². The standard InChI is InChI=1S/C18H16N2O5/c21-15(20-18(24)14-9-5-2-6-10-14)12-25-16(22)11-19-17(23)13-7-3-1-4-8-13/h1-10H,11-12H2,(H,19,23)(H,20,21,24). The quantitative estimate of drug-likeness (QED) is 0.761. The first kappa shape index (κ1) is 17.9. The average molecular weight is 340 g/mol. The van der Waals surface area contributed by atoms with Crippen LogP contribution < -0.4 is 10.6 Å². The third kappa shape index (κ3) is 5.91. The van der Waals surface area contributed by atoms with Gasteiger partial charge in [-0.15, -0.1) is 0 Å². The van der Waals surface area contributed by atoms with Gasteiger partial charge in [-0.25, -0.2) is 0 Å². The van der Waals surface area contributed by atoms with Gasteiger partial charge in [0.1, 0.15) is 6.54 Å². The van der Waals surface area contributed by atoms with Crippen molar-refractivity contribution in [3.05, 3.63) is 71.8 Å². The van der Waals surface area contributed by atoms with E-state index in [1.807, 2.05) is 0 Å². The van der Waals surface area contributed by atoms with Gasteiger partial charge in [-0.3, -0.25) is 24.5 Å². The minimum absolute atomic E-state index is 0.317. The minimum atomic E-state index is -0.786. The number of rotatable bonds is 6. The van der Waals surface area contributed by atoms with Crippen molar-refractivity contribution in [3.63, 3.8) is 0 Å². The van der Waals surface area contributed by atoms with Crippen LogP contribution in [0.2, 0.25) is 0 Å². The van der Waals surface area contributed by atoms with E-state index in [0.29, 0.717) is 11.1 Å². The van der Waals surface area contributed by atoms with Gasteiger partial charge in [-0.1, -0.05) is 36.4 Å². The van der Waals surface area contributed by atoms with E-state index < -0.39 is 30.3 Å². The molecule has 2 N–H and O–H groups in total. The summed E-state index contributed by atoms with van der Waals surface area (Å²) in [5.74, 6) is -2.55. The molecule has 0 spiro atoms. The topological polar surface area (TPSA) is 102 Å². The van der Waals surface area contributed by atoms with Crippen molar-refractivity contribution in [3.8, 4) is 0 Å². The molecule has 0 fully saturated rings. The van der Waals surface area contributed by atoms with Crippen LogP contribution in [-0.2, 0) is 14.3 Å². The lowest BCUT2D eigenvalue weighted by atomic mass is 10.2. The van der Waals surface area contributed by atoms with E-state index in [9.17, 15) is 19.2 Å². The minimum Gasteiger partial charge on any atom is -0.454 e. The molecule has 0 saturated heterocycles. The van der Waals surface area contributed by atoms with Gasteiger partial charge in [0.2, 0.25) is 0 Å². The molecule has 2 rings (SSSR count). The summed E-state index contributed by atoms with van der Waals surface area (Å²) in [6.07, 6.45) is 0. The first-order valence-corrected chi connectivity index (χ1v) is 7.44. The third-order valence-corrected chi connectivity index (χ3v) is 3.08. The molecule has 2 aromatic carbocycles. The van der Waals surface area contributed by atoms with Gasteiger partial charge in [0.15, 0.2) is 6.61 Å². The van der Waals surface area contributed by atoms with Crippen molar-refractivity contribution in [2.45, 2.75) is 0 Å². The van der Waals surface area contributed by atoms with Gasteiger partial charge in [0.05, 0.1) is 0 Å². The molecule has 0 aliphatic heterocycles. The SMILES string of the molecule is O=C(COC(=O)CNC(=O)c1ccccc1)NC(=O)c1ccccc1. The Morgan fingerprint density at radius 2 is 1.28 bits per heavy atom. The number of hydrogen-bond acceptors (Lipinski definition) is 5. The number of hydrogen-bond donors (Lipinski definition) is 2. The first-order valence-electron chi connectivity index (χ1n) is 7.44. The van der Waals surface area contributed by atoms with Crippen molar-refractivity contribution in [1.82, 2.24) is 10.6 Å². The Hall–Kier alpha value is -3.48. The lowest BCUT2D eigenvalue weighted by Gasteiger charge is -2.07. The second-order valence-electron chi connectivity index (χ2n) is 4.95. The van der Waals surface area contributed by atoms with Crippen LogP contribution >= 0.6 is 0 Å². The van der Waals surface area contributed by atoms with Gasteiger partial charge in [0.25, 0.3) is 17.7 Å². The highest BCUT2D eigenvalue weighted by atomic mass is 16.5. The summed E-state index contributed by atoms with van der Waals surface area (Å²) in [5, 5.41) is 4.48. The third-order valence-electron chi connectivity index (χ3n) is 3.08. The van der Waals surface area contributed by atoms with Crippen LogP contribution in [0.15, 0.2) is 60.7 Å². The fraction of sp³-hybridized carbons (Fsp3) is 0.111. The average Bonchev–Trinajstić information content (AvgIpc) is 2.65. The summed E-state index contributed by atoms with van der Waals surface area (Å²) >= 11 is 0. The highest BCUT2D eigenvalue weighted by Gasteiger charge is 2.13. The molecule has 0 radical (unpaired) electrons. The van der Waals surface area contributed by atoms with Crippen LogP contribution in [0.4, 0.5) is 0 Å². The predicted molar refractivity (Wildman–Crippen MR) is 88.6 cm³/mol. The van der Waals surface area contributed by atoms with Crippen molar-refractivity contribution < 1.29 is 23.9 Å². The molecule has 0 heterocycles. The summed E-state index contributed by atoms with van der Waals surface area (Å²) < 4.78 is 4.71. The second kappa shape index (κ2) is 8.97. The van der Waals surface area contributed by atoms with Crippen molar-refractivity contribution in [2.24, 2.45) is 0 Å². The molecule has 0 atom stereocenters. The largest absolute Gasteiger partial charge is 0.454 e. The van der Waals surface area contributed by atoms with Crippen LogP contribution in [0.5, 0.6) is 0 Å². The Kier molecular flexibility index (Phi) is 6.41. The van der Waals surface area contributed by atoms with Gasteiger partial charge in [-0.05, 0) is 24.3 Å². The molecule has 25 heavy (non-hydrogen) atoms. The number of nitrogens with one attached hydrogen (secondary N) is 2. The van der Waals surface area contributed by atoms with Crippen LogP contribution in [0, 0.1) is 0 Å². The summed E-state index contributed by atoms with van der Waals surface area (Å²) in [6, 6.07) is 16.5. The Balaban J connectivity index is 1.70. The van der Waals surface area contributed by atoms with E-state index in [1.165, 1.54) is 0 Å². The number of esters is 1. The van der Waals surface area contributed by atoms with Crippen LogP contribution in [0.25, 0.3) is 0 Å². The monoisotopic (exact) mass is 340 g/mol. The van der Waals surface area contributed by atoms with E-state index in [4.69, 9.17) is 4.74 Å². The maximum absolute atomic E-state index is 11.7. The van der Waals surface area contributed by atoms with Crippen molar-refractivity contribution >= 4 is 23.7 Å². The van der Waals surface area contributed by atoms with E-state index >= 15 is 0 Å². The highest BCUT2D eigenvalue weighted by molar-refractivity contribution is 6.05. The number of carbonyl (C=O) groups excluding carboxylic acids is 4. The molecular formula is C18H16N2O5. The van der Waals surface area contributed by atoms with E-state index in [-0.39, 0.29) is 6.54 Å². The summed E-state index contributed by atoms with van der Waals surface area (Å²) in [6.45, 7) is -0.994. The normalized spacial score (nSPS) is 9.76. The maximum Gasteiger partial charge on any atom is 0.325 e. The van der Waals surface area contributed by atoms with Gasteiger partial charge < -0.3 is 10.1 Å². The van der Waals surface area contributed by atoms with Gasteiger partial charge in [-0.2, -0.15) is 0 Å². The van der Waals surface area contributed by atoms with Crippen LogP contribution in [0.1, 0.15) is 20.7 Å². The molecule has 2 aromatic rings. The zero-order valence-corrected chi connectivity index (χ0v) is 13.2. The second-order valence-corrected chi connectivity index (χ2v) is 4.95. The Morgan fingerprint density at radius 3 is 1.84 bits per heavy atom. The fourth-order valence-electron chi connectivity index (χ4n) is 1.87. The van der Waals surface area contributed by atoms with E-state index in [1.54, 1.807) is 60.7 Å². The summed E-state index contributed by atoms with van der Waals surface area (Å²) in [4.78, 5) is 46.6. The first-order chi connectivity index (χ1) is 12.1. The Bertz CT molecular complexity index is 760. The van der Waals surface area contributed by atoms with E-state index in [2.05, 4.69) is 10.6 Å². The van der Waals surface area contributed by atoms with Gasteiger partial charge >= 0.3 is 5.97 Å². The molecule has 0 aliphatic carbocycles. The molecule has 0 aromatic heterocycles. The number of imide groups is 1. The Labute approximate surface area is 144 Å². The molecule has 0 saturated carbocycles. The summed E-state index contributed by atoms with van der Waals surface area (Å²) in [5.41, 5.74) is 0.721. The smallest absolute Gasteiger partial charge is 0.325 e. The number of ether oxygens (including phenoxy) is 1. The summed E-state index contributed by atoms with van der Waals surface area (Å²) in [7, 11) is 0. The highest BCUT2D eigenvalue weighted by Crippen LogP contribution is 1.98. The predicted octanol–water partition coefficient (Wildman–Crippen LogP) is 0.916. The molecule has 7 nitrogen and oxygen atoms in total. The van der Waals surface area contributed by atoms with Crippen LogP contribution in [-0.4, -0.2) is 36.8 Å². The molecule has 0 unspecified atom stereocenters. The fourth-order valence-corrected chi connectivity index (χ4v) is 1.87. The maximum atomic E-state index is 11.7. The number of amides is 3. The molecule has 7 heteroatoms. The molecular weight excluding hydrogens is 324 g/mol. The van der Waals surface area contributed by atoms with Crippen molar-refractivity contribution in [2.75, 3.05) is 13.2 Å². The molecule has 128 valence electrons. The van der Waals surface area contributed by atoms with Gasteiger partial charge in [0, 0.05) is 11.1 Å². The molecule has 3 amide bonds.